The first-order valence-corrected chi connectivity index (χ1v) is 3.73. The maximum atomic E-state index is 10.4. The van der Waals surface area contributed by atoms with Crippen molar-refractivity contribution in [3.05, 3.63) is 17.5 Å². The molecule has 2 heterocycles. The Kier molecular flexibility index (Phi) is 2.90. The number of hydrogen-bond acceptors (Lipinski definition) is 3. The van der Waals surface area contributed by atoms with Gasteiger partial charge < -0.3 is 10.4 Å². The van der Waals surface area contributed by atoms with Crippen LogP contribution in [0.4, 0.5) is 0 Å². The lowest BCUT2D eigenvalue weighted by Gasteiger charge is -1.99. The lowest BCUT2D eigenvalue weighted by molar-refractivity contribution is -0.137. The van der Waals surface area contributed by atoms with Gasteiger partial charge in [0.25, 0.3) is 0 Å². The van der Waals surface area contributed by atoms with Gasteiger partial charge in [-0.15, -0.1) is 12.4 Å². The summed E-state index contributed by atoms with van der Waals surface area (Å²) in [6.45, 7) is 1.48. The third-order valence-electron chi connectivity index (χ3n) is 1.93. The van der Waals surface area contributed by atoms with Gasteiger partial charge in [-0.25, -0.2) is 0 Å². The molecule has 5 nitrogen and oxygen atoms in total. The summed E-state index contributed by atoms with van der Waals surface area (Å²) in [6, 6.07) is 0. The summed E-state index contributed by atoms with van der Waals surface area (Å²) in [4.78, 5) is 10.4. The Hall–Kier alpha value is -1.07. The SMILES string of the molecule is Cl.O=C(O)Cn1ncc2c1CNC2. The van der Waals surface area contributed by atoms with Gasteiger partial charge >= 0.3 is 5.97 Å². The Morgan fingerprint density at radius 1 is 1.69 bits per heavy atom. The monoisotopic (exact) mass is 203 g/mol. The first-order valence-electron chi connectivity index (χ1n) is 3.73. The van der Waals surface area contributed by atoms with Crippen LogP contribution in [0.5, 0.6) is 0 Å². The molecular formula is C7H10ClN3O2. The smallest absolute Gasteiger partial charge is 0.325 e. The normalized spacial score (nSPS) is 13.5. The summed E-state index contributed by atoms with van der Waals surface area (Å²) in [7, 11) is 0. The minimum atomic E-state index is -0.854. The molecule has 0 saturated heterocycles. The molecule has 6 heteroatoms. The first kappa shape index (κ1) is 10.0. The molecule has 1 aromatic rings. The van der Waals surface area contributed by atoms with E-state index in [9.17, 15) is 4.79 Å². The molecule has 0 fully saturated rings. The fourth-order valence-corrected chi connectivity index (χ4v) is 1.38. The van der Waals surface area contributed by atoms with E-state index in [0.29, 0.717) is 0 Å². The second-order valence-corrected chi connectivity index (χ2v) is 2.77. The molecule has 72 valence electrons. The molecule has 1 aromatic heterocycles. The highest BCUT2D eigenvalue weighted by Gasteiger charge is 2.16. The van der Waals surface area contributed by atoms with E-state index in [4.69, 9.17) is 5.11 Å². The Morgan fingerprint density at radius 3 is 3.15 bits per heavy atom. The van der Waals surface area contributed by atoms with Crippen LogP contribution in [0.1, 0.15) is 11.3 Å². The second-order valence-electron chi connectivity index (χ2n) is 2.77. The van der Waals surface area contributed by atoms with Crippen LogP contribution in [-0.4, -0.2) is 20.9 Å². The van der Waals surface area contributed by atoms with Crippen molar-refractivity contribution in [2.75, 3.05) is 0 Å². The molecule has 13 heavy (non-hydrogen) atoms. The minimum absolute atomic E-state index is 0. The standard InChI is InChI=1S/C7H9N3O2.ClH/c11-7(12)4-10-6-3-8-1-5(6)2-9-10;/h2,8H,1,3-4H2,(H,11,12);1H. The van der Waals surface area contributed by atoms with Gasteiger partial charge in [0.05, 0.1) is 11.9 Å². The Morgan fingerprint density at radius 2 is 2.46 bits per heavy atom. The van der Waals surface area contributed by atoms with Gasteiger partial charge in [0.15, 0.2) is 0 Å². The number of aliphatic carboxylic acids is 1. The van der Waals surface area contributed by atoms with E-state index in [-0.39, 0.29) is 19.0 Å². The molecule has 0 amide bonds. The Bertz CT molecular complexity index is 324. The molecule has 2 rings (SSSR count). The van der Waals surface area contributed by atoms with Gasteiger partial charge in [0, 0.05) is 18.7 Å². The summed E-state index contributed by atoms with van der Waals surface area (Å²) in [6.07, 6.45) is 1.72. The zero-order valence-electron chi connectivity index (χ0n) is 6.86. The fraction of sp³-hybridized carbons (Fsp3) is 0.429. The average molecular weight is 204 g/mol. The zero-order valence-corrected chi connectivity index (χ0v) is 7.67. The van der Waals surface area contributed by atoms with Crippen molar-refractivity contribution in [1.82, 2.24) is 15.1 Å². The van der Waals surface area contributed by atoms with Crippen LogP contribution in [0.15, 0.2) is 6.20 Å². The topological polar surface area (TPSA) is 67.1 Å². The second kappa shape index (κ2) is 3.76. The van der Waals surface area contributed by atoms with Gasteiger partial charge in [-0.3, -0.25) is 9.48 Å². The number of nitrogens with one attached hydrogen (secondary N) is 1. The van der Waals surface area contributed by atoms with Crippen LogP contribution in [0, 0.1) is 0 Å². The predicted octanol–water partition coefficient (Wildman–Crippen LogP) is -0.00730. The Balaban J connectivity index is 0.000000845. The third-order valence-corrected chi connectivity index (χ3v) is 1.93. The maximum Gasteiger partial charge on any atom is 0.325 e. The van der Waals surface area contributed by atoms with Crippen molar-refractivity contribution in [1.29, 1.82) is 0 Å². The molecule has 0 radical (unpaired) electrons. The van der Waals surface area contributed by atoms with Gasteiger partial charge in [-0.2, -0.15) is 5.10 Å². The molecule has 0 aliphatic carbocycles. The molecule has 0 bridgehead atoms. The summed E-state index contributed by atoms with van der Waals surface area (Å²) < 4.78 is 1.53. The van der Waals surface area contributed by atoms with Gasteiger partial charge in [0.1, 0.15) is 6.54 Å². The van der Waals surface area contributed by atoms with Crippen molar-refractivity contribution in [2.24, 2.45) is 0 Å². The van der Waals surface area contributed by atoms with Gasteiger partial charge in [0.2, 0.25) is 0 Å². The number of carboxylic acids is 1. The molecule has 0 saturated carbocycles. The summed E-state index contributed by atoms with van der Waals surface area (Å²) >= 11 is 0. The largest absolute Gasteiger partial charge is 0.480 e. The van der Waals surface area contributed by atoms with Crippen molar-refractivity contribution in [3.8, 4) is 0 Å². The molecule has 2 N–H and O–H groups in total. The van der Waals surface area contributed by atoms with E-state index in [1.54, 1.807) is 6.20 Å². The number of carbonyl (C=O) groups is 1. The number of fused-ring (bicyclic) bond motifs is 1. The van der Waals surface area contributed by atoms with Crippen LogP contribution in [-0.2, 0) is 24.4 Å². The summed E-state index contributed by atoms with van der Waals surface area (Å²) in [5, 5.41) is 15.6. The fourth-order valence-electron chi connectivity index (χ4n) is 1.38. The number of halogens is 1. The maximum absolute atomic E-state index is 10.4. The van der Waals surface area contributed by atoms with Gasteiger partial charge in [-0.05, 0) is 0 Å². The molecule has 1 aliphatic rings. The summed E-state index contributed by atoms with van der Waals surface area (Å²) in [5.74, 6) is -0.854. The molecular weight excluding hydrogens is 194 g/mol. The highest BCUT2D eigenvalue weighted by atomic mass is 35.5. The Labute approximate surface area is 81.2 Å². The van der Waals surface area contributed by atoms with Crippen molar-refractivity contribution in [3.63, 3.8) is 0 Å². The van der Waals surface area contributed by atoms with Crippen molar-refractivity contribution < 1.29 is 9.90 Å². The first-order chi connectivity index (χ1) is 5.77. The van der Waals surface area contributed by atoms with Crippen molar-refractivity contribution >= 4 is 18.4 Å². The van der Waals surface area contributed by atoms with Gasteiger partial charge in [-0.1, -0.05) is 0 Å². The number of rotatable bonds is 2. The highest BCUT2D eigenvalue weighted by molar-refractivity contribution is 5.85. The number of hydrogen-bond donors (Lipinski definition) is 2. The number of carboxylic acid groups (broad SMARTS) is 1. The van der Waals surface area contributed by atoms with E-state index in [1.807, 2.05) is 0 Å². The molecule has 0 spiro atoms. The quantitative estimate of drug-likeness (QED) is 0.710. The molecule has 0 atom stereocenters. The third kappa shape index (κ3) is 1.81. The van der Waals surface area contributed by atoms with Crippen molar-refractivity contribution in [2.45, 2.75) is 19.6 Å². The molecule has 1 aliphatic heterocycles. The van der Waals surface area contributed by atoms with E-state index in [0.717, 1.165) is 24.3 Å². The van der Waals surface area contributed by atoms with E-state index >= 15 is 0 Å². The average Bonchev–Trinajstić information content (AvgIpc) is 2.52. The molecule has 0 unspecified atom stereocenters. The number of aromatic nitrogens is 2. The highest BCUT2D eigenvalue weighted by Crippen LogP contribution is 2.13. The van der Waals surface area contributed by atoms with Crippen LogP contribution in [0.2, 0.25) is 0 Å². The lowest BCUT2D eigenvalue weighted by Crippen LogP contribution is -2.14. The van der Waals surface area contributed by atoms with Crippen LogP contribution >= 0.6 is 12.4 Å². The van der Waals surface area contributed by atoms with Crippen LogP contribution < -0.4 is 5.32 Å². The predicted molar refractivity (Wildman–Crippen MR) is 47.7 cm³/mol. The lowest BCUT2D eigenvalue weighted by atomic mass is 10.3. The minimum Gasteiger partial charge on any atom is -0.480 e. The van der Waals surface area contributed by atoms with E-state index < -0.39 is 5.97 Å². The van der Waals surface area contributed by atoms with Crippen LogP contribution in [0.3, 0.4) is 0 Å². The van der Waals surface area contributed by atoms with Crippen LogP contribution in [0.25, 0.3) is 0 Å². The number of nitrogens with zero attached hydrogens (tertiary/aromatic N) is 2. The van der Waals surface area contributed by atoms with E-state index in [1.165, 1.54) is 4.68 Å². The van der Waals surface area contributed by atoms with E-state index in [2.05, 4.69) is 10.4 Å². The molecule has 0 aromatic carbocycles. The zero-order chi connectivity index (χ0) is 8.55. The summed E-state index contributed by atoms with van der Waals surface area (Å²) in [5.41, 5.74) is 2.11.